The van der Waals surface area contributed by atoms with E-state index in [1.807, 2.05) is 0 Å². The van der Waals surface area contributed by atoms with Gasteiger partial charge in [-0.15, -0.1) is 10.2 Å². The highest BCUT2D eigenvalue weighted by Gasteiger charge is 2.16. The van der Waals surface area contributed by atoms with Crippen LogP contribution in [-0.4, -0.2) is 16.1 Å². The van der Waals surface area contributed by atoms with E-state index >= 15 is 0 Å². The van der Waals surface area contributed by atoms with Crippen LogP contribution in [0, 0.1) is 12.7 Å². The van der Waals surface area contributed by atoms with Crippen molar-refractivity contribution in [3.05, 3.63) is 80.4 Å². The summed E-state index contributed by atoms with van der Waals surface area (Å²) in [6.45, 7) is 1.78. The van der Waals surface area contributed by atoms with Crippen LogP contribution in [0.5, 0.6) is 0 Å². The van der Waals surface area contributed by atoms with Gasteiger partial charge >= 0.3 is 0 Å². The Morgan fingerprint density at radius 1 is 1.23 bits per heavy atom. The summed E-state index contributed by atoms with van der Waals surface area (Å²) >= 11 is 8.65. The SMILES string of the molecule is Cc1cc2oc(C(=O)Nc3nnc(SCc4ccc(F)cc4)s3)cc(=O)c2cc1Cl. The number of hydrogen-bond donors (Lipinski definition) is 1. The predicted octanol–water partition coefficient (Wildman–Crippen LogP) is 5.29. The maximum atomic E-state index is 13.0. The lowest BCUT2D eigenvalue weighted by Crippen LogP contribution is -2.15. The minimum absolute atomic E-state index is 0.134. The van der Waals surface area contributed by atoms with Gasteiger partial charge < -0.3 is 4.42 Å². The van der Waals surface area contributed by atoms with Crippen molar-refractivity contribution in [3.63, 3.8) is 0 Å². The number of benzene rings is 2. The first-order valence-electron chi connectivity index (χ1n) is 8.65. The van der Waals surface area contributed by atoms with Crippen molar-refractivity contribution < 1.29 is 13.6 Å². The Kier molecular flexibility index (Phi) is 5.85. The first-order valence-corrected chi connectivity index (χ1v) is 10.8. The Labute approximate surface area is 183 Å². The smallest absolute Gasteiger partial charge is 0.293 e. The van der Waals surface area contributed by atoms with E-state index in [1.165, 1.54) is 41.3 Å². The molecule has 4 rings (SSSR count). The number of rotatable bonds is 5. The highest BCUT2D eigenvalue weighted by Crippen LogP contribution is 2.29. The van der Waals surface area contributed by atoms with Gasteiger partial charge in [0.2, 0.25) is 5.13 Å². The Hall–Kier alpha value is -2.75. The van der Waals surface area contributed by atoms with Gasteiger partial charge in [0.1, 0.15) is 11.4 Å². The van der Waals surface area contributed by atoms with E-state index in [0.717, 1.165) is 17.2 Å². The molecule has 0 saturated heterocycles. The second-order valence-corrected chi connectivity index (χ2v) is 8.92. The van der Waals surface area contributed by atoms with Gasteiger partial charge in [-0.2, -0.15) is 0 Å². The van der Waals surface area contributed by atoms with E-state index in [1.54, 1.807) is 25.1 Å². The minimum atomic E-state index is -0.604. The quantitative estimate of drug-likeness (QED) is 0.321. The normalized spacial score (nSPS) is 11.0. The zero-order chi connectivity index (χ0) is 21.3. The Morgan fingerprint density at radius 2 is 2.00 bits per heavy atom. The first kappa shape index (κ1) is 20.5. The van der Waals surface area contributed by atoms with E-state index in [2.05, 4.69) is 15.5 Å². The lowest BCUT2D eigenvalue weighted by molar-refractivity contribution is 0.0997. The van der Waals surface area contributed by atoms with Crippen LogP contribution in [0.3, 0.4) is 0 Å². The van der Waals surface area contributed by atoms with Crippen molar-refractivity contribution in [2.24, 2.45) is 0 Å². The number of nitrogens with one attached hydrogen (secondary N) is 1. The van der Waals surface area contributed by atoms with Crippen LogP contribution in [0.1, 0.15) is 21.7 Å². The van der Waals surface area contributed by atoms with Crippen molar-refractivity contribution in [3.8, 4) is 0 Å². The number of thioether (sulfide) groups is 1. The molecule has 152 valence electrons. The third kappa shape index (κ3) is 4.53. The molecule has 0 spiro atoms. The molecule has 30 heavy (non-hydrogen) atoms. The van der Waals surface area contributed by atoms with Gasteiger partial charge in [-0.05, 0) is 42.3 Å². The van der Waals surface area contributed by atoms with Crippen molar-refractivity contribution in [1.82, 2.24) is 10.2 Å². The summed E-state index contributed by atoms with van der Waals surface area (Å²) in [6.07, 6.45) is 0. The van der Waals surface area contributed by atoms with Gasteiger partial charge in [-0.25, -0.2) is 4.39 Å². The summed E-state index contributed by atoms with van der Waals surface area (Å²) in [6, 6.07) is 10.4. The number of aryl methyl sites for hydroxylation is 1. The summed E-state index contributed by atoms with van der Waals surface area (Å²) in [5.74, 6) is -0.439. The molecule has 2 aromatic heterocycles. The predicted molar refractivity (Wildman–Crippen MR) is 116 cm³/mol. The Morgan fingerprint density at radius 3 is 2.77 bits per heavy atom. The van der Waals surface area contributed by atoms with Gasteiger partial charge in [0.15, 0.2) is 15.5 Å². The molecule has 0 aliphatic heterocycles. The third-order valence-corrected chi connectivity index (χ3v) is 6.59. The monoisotopic (exact) mass is 461 g/mol. The molecule has 0 saturated carbocycles. The number of hydrogen-bond acceptors (Lipinski definition) is 7. The molecule has 6 nitrogen and oxygen atoms in total. The second kappa shape index (κ2) is 8.55. The second-order valence-electron chi connectivity index (χ2n) is 6.31. The highest BCUT2D eigenvalue weighted by molar-refractivity contribution is 8.00. The summed E-state index contributed by atoms with van der Waals surface area (Å²) in [5.41, 5.74) is 1.59. The number of halogens is 2. The van der Waals surface area contributed by atoms with Crippen molar-refractivity contribution in [2.45, 2.75) is 17.0 Å². The molecule has 0 bridgehead atoms. The number of amides is 1. The number of nitrogens with zero attached hydrogens (tertiary/aromatic N) is 2. The average Bonchev–Trinajstić information content (AvgIpc) is 3.16. The first-order chi connectivity index (χ1) is 14.4. The van der Waals surface area contributed by atoms with Crippen molar-refractivity contribution >= 4 is 56.7 Å². The Bertz CT molecular complexity index is 1310. The maximum absolute atomic E-state index is 13.0. The van der Waals surface area contributed by atoms with Crippen LogP contribution in [0.25, 0.3) is 11.0 Å². The fourth-order valence-corrected chi connectivity index (χ4v) is 4.46. The van der Waals surface area contributed by atoms with Gasteiger partial charge in [0, 0.05) is 16.8 Å². The number of anilines is 1. The van der Waals surface area contributed by atoms with Gasteiger partial charge in [0.05, 0.1) is 5.39 Å². The summed E-state index contributed by atoms with van der Waals surface area (Å²) in [7, 11) is 0. The van der Waals surface area contributed by atoms with Crippen LogP contribution in [0.4, 0.5) is 9.52 Å². The van der Waals surface area contributed by atoms with Crippen LogP contribution < -0.4 is 10.7 Å². The lowest BCUT2D eigenvalue weighted by atomic mass is 10.1. The van der Waals surface area contributed by atoms with Crippen molar-refractivity contribution in [1.29, 1.82) is 0 Å². The molecule has 1 N–H and O–H groups in total. The third-order valence-electron chi connectivity index (χ3n) is 4.13. The standard InChI is InChI=1S/C20H13ClFN3O3S2/c1-10-6-16-13(7-14(10)21)15(26)8-17(28-16)18(27)23-19-24-25-20(30-19)29-9-11-2-4-12(22)5-3-11/h2-8H,9H2,1H3,(H,23,24,27). The molecule has 4 aromatic rings. The number of carbonyl (C=O) groups excluding carboxylic acids is 1. The van der Waals surface area contributed by atoms with E-state index in [4.69, 9.17) is 16.0 Å². The van der Waals surface area contributed by atoms with Gasteiger partial charge in [0.25, 0.3) is 5.91 Å². The van der Waals surface area contributed by atoms with Crippen LogP contribution in [0.2, 0.25) is 5.02 Å². The van der Waals surface area contributed by atoms with E-state index in [9.17, 15) is 14.0 Å². The van der Waals surface area contributed by atoms with Gasteiger partial charge in [-0.1, -0.05) is 46.8 Å². The molecule has 0 fully saturated rings. The molecular weight excluding hydrogens is 449 g/mol. The zero-order valence-electron chi connectivity index (χ0n) is 15.4. The summed E-state index contributed by atoms with van der Waals surface area (Å²) in [4.78, 5) is 24.8. The molecule has 2 heterocycles. The van der Waals surface area contributed by atoms with Crippen LogP contribution >= 0.6 is 34.7 Å². The van der Waals surface area contributed by atoms with Crippen LogP contribution in [-0.2, 0) is 5.75 Å². The van der Waals surface area contributed by atoms with Crippen LogP contribution in [0.15, 0.2) is 56.0 Å². The largest absolute Gasteiger partial charge is 0.451 e. The molecule has 0 unspecified atom stereocenters. The Balaban J connectivity index is 1.47. The molecule has 1 amide bonds. The summed E-state index contributed by atoms with van der Waals surface area (Å²) in [5, 5.41) is 11.6. The fourth-order valence-electron chi connectivity index (χ4n) is 2.59. The average molecular weight is 462 g/mol. The van der Waals surface area contributed by atoms with E-state index < -0.39 is 5.91 Å². The summed E-state index contributed by atoms with van der Waals surface area (Å²) < 4.78 is 19.2. The molecule has 10 heteroatoms. The number of aromatic nitrogens is 2. The molecule has 2 aromatic carbocycles. The topological polar surface area (TPSA) is 85.1 Å². The minimum Gasteiger partial charge on any atom is -0.451 e. The number of fused-ring (bicyclic) bond motifs is 1. The molecule has 0 radical (unpaired) electrons. The molecule has 0 aliphatic carbocycles. The van der Waals surface area contributed by atoms with Gasteiger partial charge in [-0.3, -0.25) is 14.9 Å². The maximum Gasteiger partial charge on any atom is 0.293 e. The fraction of sp³-hybridized carbons (Fsp3) is 0.100. The lowest BCUT2D eigenvalue weighted by Gasteiger charge is -2.04. The van der Waals surface area contributed by atoms with Crippen molar-refractivity contribution in [2.75, 3.05) is 5.32 Å². The molecular formula is C20H13ClFN3O3S2. The van der Waals surface area contributed by atoms with E-state index in [-0.39, 0.29) is 27.7 Å². The molecule has 0 atom stereocenters. The molecule has 0 aliphatic rings. The number of carbonyl (C=O) groups is 1. The van der Waals surface area contributed by atoms with E-state index in [0.29, 0.717) is 20.5 Å². The highest BCUT2D eigenvalue weighted by atomic mass is 35.5. The zero-order valence-corrected chi connectivity index (χ0v) is 17.8.